The molecule has 1 aromatic rings. The zero-order valence-electron chi connectivity index (χ0n) is 42.3. The fourth-order valence-corrected chi connectivity index (χ4v) is 9.50. The highest BCUT2D eigenvalue weighted by molar-refractivity contribution is 6.12. The van der Waals surface area contributed by atoms with Gasteiger partial charge in [0.25, 0.3) is 11.8 Å². The molecule has 2 aliphatic rings. The number of nitrogens with zero attached hydrogens (tertiary/aromatic N) is 4. The molecule has 18 nitrogen and oxygen atoms in total. The van der Waals surface area contributed by atoms with Crippen molar-refractivity contribution in [3.05, 3.63) is 42.0 Å². The van der Waals surface area contributed by atoms with E-state index in [2.05, 4.69) is 10.6 Å². The molecule has 2 aliphatic heterocycles. The summed E-state index contributed by atoms with van der Waals surface area (Å²) in [5.74, 6) is -4.90. The molecule has 3 rings (SSSR count). The standard InChI is InChI=1S/C50H78N6O12/c1-13-32(6)45(54(9)49(63)43(30(2)3)52-48(62)44(31(4)5)53(8)39(57)23-15-14-18-26-56-40(58)24-25-41(56)59)38(67-11)29-42(60)55-27-19-21-36(55)46(68-12)33(7)47(61)51-35(50(64)65)28-34-20-16-17-22-37(34)66-10/h16-17,20,22,24-25,30-33,35-36,38,43-46H,13-15,18-19,21,23,26-29H2,1-12H3,(H,51,61)(H,52,62)(H,64,65)/t32-,33+,35-,36-,38?,43-,44?,45?,46+/m0/s1. The Bertz CT molecular complexity index is 1920. The first kappa shape index (κ1) is 57.0. The van der Waals surface area contributed by atoms with Gasteiger partial charge in [-0.3, -0.25) is 38.5 Å². The predicted octanol–water partition coefficient (Wildman–Crippen LogP) is 3.84. The van der Waals surface area contributed by atoms with E-state index in [1.54, 1.807) is 55.1 Å². The van der Waals surface area contributed by atoms with Crippen molar-refractivity contribution in [2.45, 2.75) is 149 Å². The van der Waals surface area contributed by atoms with Crippen LogP contribution in [0.25, 0.3) is 0 Å². The first-order valence-electron chi connectivity index (χ1n) is 24.0. The van der Waals surface area contributed by atoms with Gasteiger partial charge in [-0.25, -0.2) is 4.79 Å². The molecular weight excluding hydrogens is 877 g/mol. The molecule has 1 saturated heterocycles. The summed E-state index contributed by atoms with van der Waals surface area (Å²) < 4.78 is 17.3. The quantitative estimate of drug-likeness (QED) is 0.0806. The number of carbonyl (C=O) groups is 8. The number of carboxylic acid groups (broad SMARTS) is 1. The monoisotopic (exact) mass is 955 g/mol. The molecule has 0 aromatic heterocycles. The number of amides is 7. The van der Waals surface area contributed by atoms with E-state index in [9.17, 15) is 43.5 Å². The van der Waals surface area contributed by atoms with E-state index in [0.29, 0.717) is 56.4 Å². The minimum Gasteiger partial charge on any atom is -0.496 e. The molecule has 1 fully saturated rings. The number of nitrogens with one attached hydrogen (secondary N) is 2. The van der Waals surface area contributed by atoms with E-state index in [1.807, 2.05) is 41.5 Å². The summed E-state index contributed by atoms with van der Waals surface area (Å²) in [5.41, 5.74) is 0.621. The minimum absolute atomic E-state index is 0.00529. The van der Waals surface area contributed by atoms with Crippen molar-refractivity contribution in [3.63, 3.8) is 0 Å². The highest BCUT2D eigenvalue weighted by Crippen LogP contribution is 2.30. The molecule has 7 amide bonds. The number of ether oxygens (including phenoxy) is 3. The summed E-state index contributed by atoms with van der Waals surface area (Å²) >= 11 is 0. The molecule has 9 atom stereocenters. The summed E-state index contributed by atoms with van der Waals surface area (Å²) in [5, 5.41) is 15.7. The normalized spacial score (nSPS) is 18.4. The Kier molecular flexibility index (Phi) is 22.6. The second-order valence-electron chi connectivity index (χ2n) is 18.9. The molecule has 0 saturated carbocycles. The Balaban J connectivity index is 1.72. The predicted molar refractivity (Wildman–Crippen MR) is 255 cm³/mol. The van der Waals surface area contributed by atoms with E-state index in [-0.39, 0.29) is 73.1 Å². The number of carboxylic acids is 1. The fourth-order valence-electron chi connectivity index (χ4n) is 9.50. The smallest absolute Gasteiger partial charge is 0.326 e. The van der Waals surface area contributed by atoms with Crippen LogP contribution in [0, 0.1) is 23.7 Å². The van der Waals surface area contributed by atoms with Crippen LogP contribution >= 0.6 is 0 Å². The molecule has 0 spiro atoms. The van der Waals surface area contributed by atoms with Crippen LogP contribution in [0.5, 0.6) is 5.75 Å². The molecule has 0 bridgehead atoms. The van der Waals surface area contributed by atoms with Gasteiger partial charge < -0.3 is 44.7 Å². The van der Waals surface area contributed by atoms with Crippen molar-refractivity contribution < 1.29 is 57.7 Å². The van der Waals surface area contributed by atoms with Gasteiger partial charge in [-0.05, 0) is 55.1 Å². The number of carbonyl (C=O) groups excluding carboxylic acids is 7. The Morgan fingerprint density at radius 1 is 0.838 bits per heavy atom. The number of hydrogen-bond donors (Lipinski definition) is 3. The topological polar surface area (TPSA) is 222 Å². The number of aliphatic carboxylic acids is 1. The van der Waals surface area contributed by atoms with Gasteiger partial charge in [-0.2, -0.15) is 0 Å². The average molecular weight is 955 g/mol. The molecular formula is C50H78N6O12. The number of benzene rings is 1. The van der Waals surface area contributed by atoms with E-state index in [1.165, 1.54) is 43.3 Å². The summed E-state index contributed by atoms with van der Waals surface area (Å²) in [6.45, 7) is 13.6. The molecule has 1 aromatic carbocycles. The first-order chi connectivity index (χ1) is 32.1. The van der Waals surface area contributed by atoms with Crippen LogP contribution in [0.3, 0.4) is 0 Å². The lowest BCUT2D eigenvalue weighted by molar-refractivity contribution is -0.149. The second-order valence-corrected chi connectivity index (χ2v) is 18.9. The van der Waals surface area contributed by atoms with Crippen molar-refractivity contribution in [2.75, 3.05) is 48.5 Å². The van der Waals surface area contributed by atoms with E-state index >= 15 is 0 Å². The van der Waals surface area contributed by atoms with E-state index in [0.717, 1.165) is 0 Å². The maximum Gasteiger partial charge on any atom is 0.326 e. The third-order valence-corrected chi connectivity index (χ3v) is 13.6. The fraction of sp³-hybridized carbons (Fsp3) is 0.680. The van der Waals surface area contributed by atoms with Crippen LogP contribution in [0.1, 0.15) is 105 Å². The second kappa shape index (κ2) is 27.0. The lowest BCUT2D eigenvalue weighted by Gasteiger charge is -2.41. The number of hydrogen-bond acceptors (Lipinski definition) is 11. The van der Waals surface area contributed by atoms with Gasteiger partial charge in [-0.15, -0.1) is 0 Å². The highest BCUT2D eigenvalue weighted by atomic mass is 16.5. The number of para-hydroxylation sites is 1. The maximum absolute atomic E-state index is 14.6. The summed E-state index contributed by atoms with van der Waals surface area (Å²) in [4.78, 5) is 112. The lowest BCUT2D eigenvalue weighted by atomic mass is 9.89. The summed E-state index contributed by atoms with van der Waals surface area (Å²) in [7, 11) is 7.68. The third kappa shape index (κ3) is 14.8. The molecule has 3 unspecified atom stereocenters. The zero-order chi connectivity index (χ0) is 51.0. The van der Waals surface area contributed by atoms with Gasteiger partial charge in [0.2, 0.25) is 29.5 Å². The molecule has 68 heavy (non-hydrogen) atoms. The molecule has 0 aliphatic carbocycles. The third-order valence-electron chi connectivity index (χ3n) is 13.6. The van der Waals surface area contributed by atoms with E-state index < -0.39 is 66.1 Å². The summed E-state index contributed by atoms with van der Waals surface area (Å²) in [6, 6.07) is 2.80. The molecule has 0 radical (unpaired) electrons. The Hall–Kier alpha value is -5.36. The molecule has 380 valence electrons. The van der Waals surface area contributed by atoms with Crippen LogP contribution in [0.2, 0.25) is 0 Å². The van der Waals surface area contributed by atoms with Gasteiger partial charge in [-0.1, -0.05) is 79.5 Å². The van der Waals surface area contributed by atoms with Crippen LogP contribution in [0.15, 0.2) is 36.4 Å². The summed E-state index contributed by atoms with van der Waals surface area (Å²) in [6.07, 6.45) is 4.50. The van der Waals surface area contributed by atoms with Gasteiger partial charge >= 0.3 is 5.97 Å². The largest absolute Gasteiger partial charge is 0.496 e. The van der Waals surface area contributed by atoms with Gasteiger partial charge in [0.15, 0.2) is 0 Å². The molecule has 3 N–H and O–H groups in total. The van der Waals surface area contributed by atoms with Crippen LogP contribution in [-0.2, 0) is 54.3 Å². The van der Waals surface area contributed by atoms with Crippen molar-refractivity contribution in [1.82, 2.24) is 30.2 Å². The minimum atomic E-state index is -1.24. The number of rotatable bonds is 28. The van der Waals surface area contributed by atoms with Gasteiger partial charge in [0.05, 0.1) is 43.7 Å². The Morgan fingerprint density at radius 2 is 1.49 bits per heavy atom. The highest BCUT2D eigenvalue weighted by Gasteiger charge is 2.44. The molecule has 2 heterocycles. The van der Waals surface area contributed by atoms with Crippen LogP contribution < -0.4 is 15.4 Å². The van der Waals surface area contributed by atoms with Crippen LogP contribution in [0.4, 0.5) is 0 Å². The number of unbranched alkanes of at least 4 members (excludes halogenated alkanes) is 2. The van der Waals surface area contributed by atoms with Crippen molar-refractivity contribution in [3.8, 4) is 5.75 Å². The number of imide groups is 1. The average Bonchev–Trinajstić information content (AvgIpc) is 3.92. The number of methoxy groups -OCH3 is 3. The van der Waals surface area contributed by atoms with E-state index in [4.69, 9.17) is 14.2 Å². The SMILES string of the molecule is CC[C@H](C)C(C(CC(=O)N1CCC[C@H]1[C@H](OC)[C@@H](C)C(=O)N[C@@H](Cc1ccccc1OC)C(=O)O)OC)N(C)C(=O)[C@@H](NC(=O)C(C(C)C)N(C)C(=O)CCCCCN1C(=O)C=CC1=O)C(C)C. The number of likely N-dealkylation sites (N-methyl/N-ethyl adjacent to an activating group) is 2. The Morgan fingerprint density at radius 3 is 2.04 bits per heavy atom. The first-order valence-corrected chi connectivity index (χ1v) is 24.0. The lowest BCUT2D eigenvalue weighted by Crippen LogP contribution is -2.60. The van der Waals surface area contributed by atoms with Crippen molar-refractivity contribution in [1.29, 1.82) is 0 Å². The van der Waals surface area contributed by atoms with Crippen molar-refractivity contribution >= 4 is 47.3 Å². The van der Waals surface area contributed by atoms with Gasteiger partial charge in [0, 0.05) is 66.4 Å². The maximum atomic E-state index is 14.6. The Labute approximate surface area is 402 Å². The molecule has 18 heteroatoms. The zero-order valence-corrected chi connectivity index (χ0v) is 42.3. The van der Waals surface area contributed by atoms with Crippen molar-refractivity contribution in [2.24, 2.45) is 23.7 Å². The number of likely N-dealkylation sites (tertiary alicyclic amines) is 1. The van der Waals surface area contributed by atoms with Crippen LogP contribution in [-0.4, -0.2) is 163 Å². The van der Waals surface area contributed by atoms with Gasteiger partial charge in [0.1, 0.15) is 23.9 Å².